The third kappa shape index (κ3) is 2.48. The maximum Gasteiger partial charge on any atom is 0.295 e. The molecule has 0 fully saturated rings. The van der Waals surface area contributed by atoms with E-state index < -0.39 is 4.92 Å². The molecule has 18 heavy (non-hydrogen) atoms. The summed E-state index contributed by atoms with van der Waals surface area (Å²) in [6.45, 7) is 0. The Bertz CT molecular complexity index is 602. The lowest BCUT2D eigenvalue weighted by atomic mass is 10.1. The van der Waals surface area contributed by atoms with E-state index in [-0.39, 0.29) is 5.69 Å². The van der Waals surface area contributed by atoms with E-state index in [1.54, 1.807) is 25.2 Å². The summed E-state index contributed by atoms with van der Waals surface area (Å²) in [5, 5.41) is 13.9. The lowest BCUT2D eigenvalue weighted by Gasteiger charge is -2.05. The minimum absolute atomic E-state index is 0.00731. The number of anilines is 1. The van der Waals surface area contributed by atoms with Crippen LogP contribution in [0.25, 0.3) is 11.3 Å². The molecule has 0 saturated carbocycles. The second-order valence-electron chi connectivity index (χ2n) is 3.58. The minimum atomic E-state index is -0.428. The maximum atomic E-state index is 11.0. The third-order valence-corrected chi connectivity index (χ3v) is 2.92. The molecule has 5 nitrogen and oxygen atoms in total. The van der Waals surface area contributed by atoms with Gasteiger partial charge >= 0.3 is 0 Å². The molecule has 1 aromatic carbocycles. The standard InChI is InChI=1S/C12H10BrN3O2/c1-14-11-6-5-10(16(17)18)12(15-11)8-3-2-4-9(13)7-8/h2-7H,1H3,(H,14,15). The van der Waals surface area contributed by atoms with Crippen LogP contribution in [-0.4, -0.2) is 17.0 Å². The highest BCUT2D eigenvalue weighted by molar-refractivity contribution is 9.10. The summed E-state index contributed by atoms with van der Waals surface area (Å²) in [7, 11) is 1.72. The van der Waals surface area contributed by atoms with E-state index in [9.17, 15) is 10.1 Å². The van der Waals surface area contributed by atoms with Crippen LogP contribution in [0.1, 0.15) is 0 Å². The second kappa shape index (κ2) is 5.14. The molecule has 1 N–H and O–H groups in total. The van der Waals surface area contributed by atoms with E-state index in [1.165, 1.54) is 6.07 Å². The van der Waals surface area contributed by atoms with Crippen LogP contribution in [0.15, 0.2) is 40.9 Å². The molecule has 2 rings (SSSR count). The fourth-order valence-corrected chi connectivity index (χ4v) is 1.99. The first kappa shape index (κ1) is 12.5. The second-order valence-corrected chi connectivity index (χ2v) is 4.50. The van der Waals surface area contributed by atoms with E-state index in [1.807, 2.05) is 12.1 Å². The molecule has 0 bridgehead atoms. The van der Waals surface area contributed by atoms with Crippen LogP contribution in [0.3, 0.4) is 0 Å². The zero-order valence-electron chi connectivity index (χ0n) is 9.55. The SMILES string of the molecule is CNc1ccc([N+](=O)[O-])c(-c2cccc(Br)c2)n1. The van der Waals surface area contributed by atoms with Crippen LogP contribution >= 0.6 is 15.9 Å². The van der Waals surface area contributed by atoms with Gasteiger partial charge in [-0.3, -0.25) is 10.1 Å². The zero-order valence-corrected chi connectivity index (χ0v) is 11.1. The predicted octanol–water partition coefficient (Wildman–Crippen LogP) is 3.46. The fraction of sp³-hybridized carbons (Fsp3) is 0.0833. The van der Waals surface area contributed by atoms with Crippen molar-refractivity contribution in [2.45, 2.75) is 0 Å². The molecule has 0 saturated heterocycles. The van der Waals surface area contributed by atoms with Crippen LogP contribution in [0.5, 0.6) is 0 Å². The number of nitrogens with zero attached hydrogens (tertiary/aromatic N) is 2. The number of aromatic nitrogens is 1. The molecule has 0 amide bonds. The van der Waals surface area contributed by atoms with Crippen LogP contribution < -0.4 is 5.32 Å². The molecule has 0 unspecified atom stereocenters. The van der Waals surface area contributed by atoms with Gasteiger partial charge in [-0.15, -0.1) is 0 Å². The summed E-state index contributed by atoms with van der Waals surface area (Å²) in [4.78, 5) is 14.8. The summed E-state index contributed by atoms with van der Waals surface area (Å²) in [5.41, 5.74) is 1.05. The molecule has 0 aliphatic carbocycles. The molecule has 0 aliphatic heterocycles. The van der Waals surface area contributed by atoms with E-state index in [0.29, 0.717) is 17.1 Å². The van der Waals surface area contributed by atoms with Crippen molar-refractivity contribution in [1.82, 2.24) is 4.98 Å². The minimum Gasteiger partial charge on any atom is -0.373 e. The van der Waals surface area contributed by atoms with Crippen LogP contribution in [0.2, 0.25) is 0 Å². The van der Waals surface area contributed by atoms with Crippen molar-refractivity contribution in [3.63, 3.8) is 0 Å². The molecule has 0 aliphatic rings. The highest BCUT2D eigenvalue weighted by atomic mass is 79.9. The van der Waals surface area contributed by atoms with Gasteiger partial charge in [0.05, 0.1) is 4.92 Å². The Morgan fingerprint density at radius 1 is 1.33 bits per heavy atom. The molecule has 1 aromatic heterocycles. The quantitative estimate of drug-likeness (QED) is 0.696. The van der Waals surface area contributed by atoms with Gasteiger partial charge in [0, 0.05) is 23.2 Å². The number of nitro groups is 1. The number of pyridine rings is 1. The molecular weight excluding hydrogens is 298 g/mol. The summed E-state index contributed by atoms with van der Waals surface area (Å²) >= 11 is 3.34. The van der Waals surface area contributed by atoms with Gasteiger partial charge in [0.25, 0.3) is 5.69 Å². The number of hydrogen-bond acceptors (Lipinski definition) is 4. The normalized spacial score (nSPS) is 10.1. The first-order valence-corrected chi connectivity index (χ1v) is 6.00. The molecule has 0 spiro atoms. The van der Waals surface area contributed by atoms with Crippen LogP contribution in [0, 0.1) is 10.1 Å². The summed E-state index contributed by atoms with van der Waals surface area (Å²) in [6.07, 6.45) is 0. The van der Waals surface area contributed by atoms with Gasteiger partial charge in [0.1, 0.15) is 5.82 Å². The van der Waals surface area contributed by atoms with Gasteiger partial charge in [0.2, 0.25) is 0 Å². The Hall–Kier alpha value is -1.95. The number of halogens is 1. The third-order valence-electron chi connectivity index (χ3n) is 2.42. The Balaban J connectivity index is 2.63. The van der Waals surface area contributed by atoms with E-state index in [4.69, 9.17) is 0 Å². The zero-order chi connectivity index (χ0) is 13.1. The highest BCUT2D eigenvalue weighted by Crippen LogP contribution is 2.30. The molecule has 92 valence electrons. The molecular formula is C12H10BrN3O2. The van der Waals surface area contributed by atoms with Crippen LogP contribution in [0.4, 0.5) is 11.5 Å². The lowest BCUT2D eigenvalue weighted by Crippen LogP contribution is -1.98. The average molecular weight is 308 g/mol. The number of rotatable bonds is 3. The van der Waals surface area contributed by atoms with Crippen molar-refractivity contribution in [2.75, 3.05) is 12.4 Å². The van der Waals surface area contributed by atoms with Gasteiger partial charge in [-0.2, -0.15) is 0 Å². The van der Waals surface area contributed by atoms with E-state index in [2.05, 4.69) is 26.2 Å². The molecule has 6 heteroatoms. The number of benzene rings is 1. The van der Waals surface area contributed by atoms with Gasteiger partial charge in [0.15, 0.2) is 5.69 Å². The molecule has 1 heterocycles. The first-order valence-electron chi connectivity index (χ1n) is 5.21. The number of hydrogen-bond donors (Lipinski definition) is 1. The van der Waals surface area contributed by atoms with Gasteiger partial charge < -0.3 is 5.32 Å². The fourth-order valence-electron chi connectivity index (χ4n) is 1.59. The van der Waals surface area contributed by atoms with E-state index in [0.717, 1.165) is 4.47 Å². The predicted molar refractivity (Wildman–Crippen MR) is 73.6 cm³/mol. The van der Waals surface area contributed by atoms with Gasteiger partial charge in [-0.25, -0.2) is 4.98 Å². The van der Waals surface area contributed by atoms with Crippen molar-refractivity contribution in [2.24, 2.45) is 0 Å². The Morgan fingerprint density at radius 3 is 2.72 bits per heavy atom. The molecule has 2 aromatic rings. The first-order chi connectivity index (χ1) is 8.61. The Labute approximate surface area is 112 Å². The highest BCUT2D eigenvalue weighted by Gasteiger charge is 2.17. The maximum absolute atomic E-state index is 11.0. The summed E-state index contributed by atoms with van der Waals surface area (Å²) in [6, 6.07) is 10.3. The molecule has 0 radical (unpaired) electrons. The van der Waals surface area contributed by atoms with Crippen molar-refractivity contribution in [1.29, 1.82) is 0 Å². The summed E-state index contributed by atoms with van der Waals surface area (Å²) in [5.74, 6) is 0.593. The van der Waals surface area contributed by atoms with Crippen molar-refractivity contribution in [3.05, 3.63) is 51.0 Å². The largest absolute Gasteiger partial charge is 0.373 e. The summed E-state index contributed by atoms with van der Waals surface area (Å²) < 4.78 is 0.853. The van der Waals surface area contributed by atoms with Crippen LogP contribution in [-0.2, 0) is 0 Å². The number of nitrogens with one attached hydrogen (secondary N) is 1. The van der Waals surface area contributed by atoms with Gasteiger partial charge in [-0.05, 0) is 18.2 Å². The smallest absolute Gasteiger partial charge is 0.295 e. The van der Waals surface area contributed by atoms with Crippen molar-refractivity contribution in [3.8, 4) is 11.3 Å². The Morgan fingerprint density at radius 2 is 2.11 bits per heavy atom. The topological polar surface area (TPSA) is 68.1 Å². The van der Waals surface area contributed by atoms with E-state index >= 15 is 0 Å². The average Bonchev–Trinajstić information content (AvgIpc) is 2.38. The van der Waals surface area contributed by atoms with Crippen molar-refractivity contribution < 1.29 is 4.92 Å². The molecule has 0 atom stereocenters. The van der Waals surface area contributed by atoms with Crippen molar-refractivity contribution >= 4 is 27.4 Å². The Kier molecular flexibility index (Phi) is 3.57. The monoisotopic (exact) mass is 307 g/mol. The van der Waals surface area contributed by atoms with Gasteiger partial charge in [-0.1, -0.05) is 28.1 Å². The lowest BCUT2D eigenvalue weighted by molar-refractivity contribution is -0.384.